The van der Waals surface area contributed by atoms with Gasteiger partial charge >= 0.3 is 0 Å². The molecule has 9 atom stereocenters. The molecule has 25 heavy (non-hydrogen) atoms. The summed E-state index contributed by atoms with van der Waals surface area (Å²) >= 11 is 0. The molecule has 3 fully saturated rings. The molecule has 3 heteroatoms. The highest BCUT2D eigenvalue weighted by Crippen LogP contribution is 2.67. The summed E-state index contributed by atoms with van der Waals surface area (Å²) < 4.78 is 0. The van der Waals surface area contributed by atoms with Crippen LogP contribution in [0.5, 0.6) is 0 Å². The molecule has 0 amide bonds. The average molecular weight is 344 g/mol. The van der Waals surface area contributed by atoms with E-state index < -0.39 is 12.2 Å². The normalized spacial score (nSPS) is 57.1. The Morgan fingerprint density at radius 1 is 1.04 bits per heavy atom. The van der Waals surface area contributed by atoms with Crippen LogP contribution in [0.15, 0.2) is 16.1 Å². The number of aliphatic hydroxyl groups excluding tert-OH is 2. The molecule has 1 aliphatic heterocycles. The highest BCUT2D eigenvalue weighted by Gasteiger charge is 2.64. The summed E-state index contributed by atoms with van der Waals surface area (Å²) in [4.78, 5) is 4.52. The van der Waals surface area contributed by atoms with Gasteiger partial charge in [0.05, 0.1) is 18.8 Å². The van der Waals surface area contributed by atoms with Crippen LogP contribution in [0.4, 0.5) is 0 Å². The maximum atomic E-state index is 11.2. The van der Waals surface area contributed by atoms with Crippen LogP contribution in [0.3, 0.4) is 0 Å². The Bertz CT molecular complexity index is 654. The van der Waals surface area contributed by atoms with Gasteiger partial charge in [0, 0.05) is 6.21 Å². The molecule has 0 bridgehead atoms. The molecule has 5 rings (SSSR count). The van der Waals surface area contributed by atoms with Crippen molar-refractivity contribution in [3.05, 3.63) is 11.1 Å². The Morgan fingerprint density at radius 3 is 2.64 bits per heavy atom. The van der Waals surface area contributed by atoms with Gasteiger partial charge in [-0.05, 0) is 83.7 Å². The summed E-state index contributed by atoms with van der Waals surface area (Å²) in [6.45, 7) is 8.04. The van der Waals surface area contributed by atoms with E-state index in [-0.39, 0.29) is 22.7 Å². The highest BCUT2D eigenvalue weighted by atomic mass is 16.3. The number of aliphatic hydroxyl groups is 2. The number of hydrogen-bond acceptors (Lipinski definition) is 3. The van der Waals surface area contributed by atoms with E-state index in [4.69, 9.17) is 0 Å². The summed E-state index contributed by atoms with van der Waals surface area (Å²) in [6, 6.07) is 0. The number of fused-ring (bicyclic) bond motifs is 6. The van der Waals surface area contributed by atoms with Crippen molar-refractivity contribution in [1.82, 2.24) is 0 Å². The molecule has 4 aliphatic carbocycles. The second kappa shape index (κ2) is 5.19. The minimum atomic E-state index is -0.546. The predicted molar refractivity (Wildman–Crippen MR) is 99.4 cm³/mol. The largest absolute Gasteiger partial charge is 0.390 e. The molecule has 2 unspecified atom stereocenters. The van der Waals surface area contributed by atoms with E-state index in [1.807, 2.05) is 0 Å². The van der Waals surface area contributed by atoms with Crippen LogP contribution in [-0.4, -0.2) is 35.2 Å². The zero-order chi connectivity index (χ0) is 17.6. The van der Waals surface area contributed by atoms with Crippen molar-refractivity contribution in [2.75, 3.05) is 6.54 Å². The molecule has 0 aromatic heterocycles. The Morgan fingerprint density at radius 2 is 1.84 bits per heavy atom. The lowest BCUT2D eigenvalue weighted by atomic mass is 9.43. The average Bonchev–Trinajstić information content (AvgIpc) is 3.15. The third-order valence-electron chi connectivity index (χ3n) is 9.42. The van der Waals surface area contributed by atoms with E-state index in [2.05, 4.69) is 32.0 Å². The first kappa shape index (κ1) is 16.5. The van der Waals surface area contributed by atoms with Crippen LogP contribution >= 0.6 is 0 Å². The van der Waals surface area contributed by atoms with E-state index in [0.717, 1.165) is 19.4 Å². The molecule has 0 aromatic carbocycles. The first-order valence-electron chi connectivity index (χ1n) is 10.4. The van der Waals surface area contributed by atoms with Crippen molar-refractivity contribution in [1.29, 1.82) is 0 Å². The molecular weight excluding hydrogens is 310 g/mol. The summed E-state index contributed by atoms with van der Waals surface area (Å²) in [5.74, 6) is 2.27. The fourth-order valence-corrected chi connectivity index (χ4v) is 7.93. The monoisotopic (exact) mass is 343 g/mol. The Hall–Kier alpha value is -0.670. The van der Waals surface area contributed by atoms with Crippen molar-refractivity contribution >= 4 is 6.21 Å². The molecule has 5 aliphatic rings. The van der Waals surface area contributed by atoms with Gasteiger partial charge in [-0.25, -0.2) is 0 Å². The zero-order valence-corrected chi connectivity index (χ0v) is 15.9. The lowest BCUT2D eigenvalue weighted by Gasteiger charge is -2.63. The van der Waals surface area contributed by atoms with Crippen molar-refractivity contribution < 1.29 is 10.2 Å². The SMILES string of the molecule is C[C@H]1CC[C@@]2(C)[C@H](C1)[C@@H](O)C(O)C1[C@@H]2CC[C@]2(C)C3=C(C=NC3)C[C@@H]12. The lowest BCUT2D eigenvalue weighted by molar-refractivity contribution is -0.214. The van der Waals surface area contributed by atoms with E-state index in [1.165, 1.54) is 31.3 Å². The summed E-state index contributed by atoms with van der Waals surface area (Å²) in [5, 5.41) is 22.3. The fourth-order valence-electron chi connectivity index (χ4n) is 7.93. The Kier molecular flexibility index (Phi) is 3.43. The third kappa shape index (κ3) is 1.97. The second-order valence-electron chi connectivity index (χ2n) is 10.4. The van der Waals surface area contributed by atoms with Crippen molar-refractivity contribution in [3.63, 3.8) is 0 Å². The van der Waals surface area contributed by atoms with Crippen molar-refractivity contribution in [2.24, 2.45) is 45.4 Å². The van der Waals surface area contributed by atoms with Gasteiger partial charge in [-0.2, -0.15) is 0 Å². The maximum Gasteiger partial charge on any atom is 0.0836 e. The Labute approximate surface area is 151 Å². The molecule has 0 aromatic rings. The van der Waals surface area contributed by atoms with Crippen LogP contribution in [0.25, 0.3) is 0 Å². The predicted octanol–water partition coefficient (Wildman–Crippen LogP) is 3.60. The van der Waals surface area contributed by atoms with Crippen LogP contribution in [-0.2, 0) is 0 Å². The number of allylic oxidation sites excluding steroid dienone is 1. The van der Waals surface area contributed by atoms with Gasteiger partial charge in [0.15, 0.2) is 0 Å². The topological polar surface area (TPSA) is 52.8 Å². The second-order valence-corrected chi connectivity index (χ2v) is 10.4. The molecule has 1 heterocycles. The van der Waals surface area contributed by atoms with Gasteiger partial charge in [0.2, 0.25) is 0 Å². The molecule has 0 radical (unpaired) electrons. The van der Waals surface area contributed by atoms with E-state index in [1.54, 1.807) is 5.57 Å². The molecule has 3 saturated carbocycles. The lowest BCUT2D eigenvalue weighted by Crippen LogP contribution is -2.63. The first-order valence-corrected chi connectivity index (χ1v) is 10.4. The summed E-state index contributed by atoms with van der Waals surface area (Å²) in [5.41, 5.74) is 3.39. The molecule has 138 valence electrons. The van der Waals surface area contributed by atoms with Gasteiger partial charge in [-0.15, -0.1) is 0 Å². The smallest absolute Gasteiger partial charge is 0.0836 e. The highest BCUT2D eigenvalue weighted by molar-refractivity contribution is 5.84. The van der Waals surface area contributed by atoms with E-state index in [9.17, 15) is 10.2 Å². The Balaban J connectivity index is 1.54. The fraction of sp³-hybridized carbons (Fsp3) is 0.864. The number of aliphatic imine (C=N–C) groups is 1. The van der Waals surface area contributed by atoms with Crippen LogP contribution < -0.4 is 0 Å². The zero-order valence-electron chi connectivity index (χ0n) is 15.9. The molecule has 0 spiro atoms. The number of hydrogen-bond donors (Lipinski definition) is 2. The van der Waals surface area contributed by atoms with Crippen LogP contribution in [0.2, 0.25) is 0 Å². The van der Waals surface area contributed by atoms with E-state index in [0.29, 0.717) is 17.8 Å². The third-order valence-corrected chi connectivity index (χ3v) is 9.42. The van der Waals surface area contributed by atoms with Crippen molar-refractivity contribution in [2.45, 2.75) is 71.5 Å². The van der Waals surface area contributed by atoms with Gasteiger partial charge < -0.3 is 10.2 Å². The first-order chi connectivity index (χ1) is 11.9. The van der Waals surface area contributed by atoms with Gasteiger partial charge in [0.1, 0.15) is 0 Å². The molecule has 0 saturated heterocycles. The molecule has 3 nitrogen and oxygen atoms in total. The quantitative estimate of drug-likeness (QED) is 0.706. The number of nitrogens with zero attached hydrogens (tertiary/aromatic N) is 1. The minimum absolute atomic E-state index is 0.193. The van der Waals surface area contributed by atoms with Gasteiger partial charge in [-0.1, -0.05) is 27.2 Å². The maximum absolute atomic E-state index is 11.2. The van der Waals surface area contributed by atoms with Gasteiger partial charge in [-0.3, -0.25) is 4.99 Å². The summed E-state index contributed by atoms with van der Waals surface area (Å²) in [7, 11) is 0. The van der Waals surface area contributed by atoms with E-state index >= 15 is 0 Å². The van der Waals surface area contributed by atoms with Gasteiger partial charge in [0.25, 0.3) is 0 Å². The van der Waals surface area contributed by atoms with Crippen LogP contribution in [0.1, 0.15) is 59.3 Å². The minimum Gasteiger partial charge on any atom is -0.390 e. The van der Waals surface area contributed by atoms with Crippen LogP contribution in [0, 0.1) is 40.4 Å². The molecule has 2 N–H and O–H groups in total. The summed E-state index contributed by atoms with van der Waals surface area (Å²) in [6.07, 6.45) is 8.10. The van der Waals surface area contributed by atoms with Crippen molar-refractivity contribution in [3.8, 4) is 0 Å². The molecular formula is C22H33NO2. The number of rotatable bonds is 0. The standard InChI is InChI=1S/C22H33NO2/c1-12-4-6-21(2)14-5-7-22(3)15(9-13-10-23-11-17(13)22)18(14)20(25)19(24)16(21)8-12/h10,12,14-16,18-20,24-25H,4-9,11H2,1-3H3/t12-,14-,15-,16+,18?,19+,20?,21+,22-/m0/s1.